The van der Waals surface area contributed by atoms with E-state index in [2.05, 4.69) is 32.5 Å². The Morgan fingerprint density at radius 1 is 1.62 bits per heavy atom. The topological polar surface area (TPSA) is 88.5 Å². The van der Waals surface area contributed by atoms with E-state index in [0.717, 1.165) is 30.5 Å². The van der Waals surface area contributed by atoms with E-state index in [9.17, 15) is 4.79 Å². The summed E-state index contributed by atoms with van der Waals surface area (Å²) < 4.78 is 1.72. The minimum atomic E-state index is -0.117. The summed E-state index contributed by atoms with van der Waals surface area (Å²) in [7, 11) is 0. The van der Waals surface area contributed by atoms with E-state index in [-0.39, 0.29) is 11.9 Å². The van der Waals surface area contributed by atoms with Gasteiger partial charge in [-0.1, -0.05) is 6.92 Å². The fraction of sp³-hybridized carbons (Fsp3) is 0.571. The highest BCUT2D eigenvalue weighted by Crippen LogP contribution is 2.26. The Labute approximate surface area is 123 Å². The maximum Gasteiger partial charge on any atom is 0.272 e. The van der Waals surface area contributed by atoms with Crippen molar-refractivity contribution in [3.8, 4) is 0 Å². The lowest BCUT2D eigenvalue weighted by atomic mass is 9.87. The van der Waals surface area contributed by atoms with Crippen molar-refractivity contribution in [3.05, 3.63) is 29.6 Å². The summed E-state index contributed by atoms with van der Waals surface area (Å²) in [5, 5.41) is 14.2. The molecule has 0 saturated carbocycles. The zero-order chi connectivity index (χ0) is 14.8. The van der Waals surface area contributed by atoms with Crippen LogP contribution in [0.1, 0.15) is 48.1 Å². The summed E-state index contributed by atoms with van der Waals surface area (Å²) in [5.41, 5.74) is 2.74. The molecule has 0 spiro atoms. The van der Waals surface area contributed by atoms with Crippen LogP contribution in [0.4, 0.5) is 0 Å². The van der Waals surface area contributed by atoms with Crippen LogP contribution >= 0.6 is 0 Å². The van der Waals surface area contributed by atoms with Crippen LogP contribution in [0.5, 0.6) is 0 Å². The van der Waals surface area contributed by atoms with Crippen LogP contribution < -0.4 is 5.32 Å². The highest BCUT2D eigenvalue weighted by atomic mass is 16.1. The van der Waals surface area contributed by atoms with E-state index in [1.165, 1.54) is 6.33 Å². The smallest absolute Gasteiger partial charge is 0.272 e. The highest BCUT2D eigenvalue weighted by molar-refractivity contribution is 5.94. The monoisotopic (exact) mass is 288 g/mol. The Balaban J connectivity index is 1.65. The third-order valence-corrected chi connectivity index (χ3v) is 4.05. The molecule has 0 unspecified atom stereocenters. The number of carbonyl (C=O) groups is 1. The average molecular weight is 288 g/mol. The van der Waals surface area contributed by atoms with Gasteiger partial charge in [0.25, 0.3) is 5.91 Å². The molecule has 112 valence electrons. The van der Waals surface area contributed by atoms with Crippen molar-refractivity contribution in [2.75, 3.05) is 6.54 Å². The predicted molar refractivity (Wildman–Crippen MR) is 76.8 cm³/mol. The van der Waals surface area contributed by atoms with Crippen LogP contribution in [0.25, 0.3) is 0 Å². The van der Waals surface area contributed by atoms with E-state index in [1.807, 2.05) is 6.92 Å². The van der Waals surface area contributed by atoms with Gasteiger partial charge in [0, 0.05) is 17.8 Å². The van der Waals surface area contributed by atoms with Crippen molar-refractivity contribution in [1.82, 2.24) is 30.3 Å². The van der Waals surface area contributed by atoms with Crippen LogP contribution in [-0.2, 0) is 12.8 Å². The molecule has 7 nitrogen and oxygen atoms in total. The zero-order valence-electron chi connectivity index (χ0n) is 12.3. The van der Waals surface area contributed by atoms with Crippen molar-refractivity contribution in [2.45, 2.75) is 39.2 Å². The maximum atomic E-state index is 12.3. The summed E-state index contributed by atoms with van der Waals surface area (Å²) in [6.07, 6.45) is 6.19. The quantitative estimate of drug-likeness (QED) is 0.882. The first-order valence-electron chi connectivity index (χ1n) is 7.33. The highest BCUT2D eigenvalue weighted by Gasteiger charge is 2.24. The van der Waals surface area contributed by atoms with E-state index in [0.29, 0.717) is 18.2 Å². The van der Waals surface area contributed by atoms with Crippen LogP contribution in [-0.4, -0.2) is 37.4 Å². The van der Waals surface area contributed by atoms with E-state index >= 15 is 0 Å². The van der Waals surface area contributed by atoms with Gasteiger partial charge in [-0.2, -0.15) is 10.2 Å². The van der Waals surface area contributed by atoms with Crippen molar-refractivity contribution in [3.63, 3.8) is 0 Å². The van der Waals surface area contributed by atoms with Crippen LogP contribution in [0.15, 0.2) is 12.7 Å². The molecule has 1 aliphatic rings. The molecule has 21 heavy (non-hydrogen) atoms. The Morgan fingerprint density at radius 2 is 2.48 bits per heavy atom. The minimum absolute atomic E-state index is 0.0603. The summed E-state index contributed by atoms with van der Waals surface area (Å²) in [5.74, 6) is 0.490. The molecular weight excluding hydrogens is 268 g/mol. The Kier molecular flexibility index (Phi) is 3.72. The van der Waals surface area contributed by atoms with Gasteiger partial charge < -0.3 is 5.32 Å². The van der Waals surface area contributed by atoms with Gasteiger partial charge in [-0.3, -0.25) is 9.89 Å². The number of aryl methyl sites for hydroxylation is 1. The molecule has 2 aromatic rings. The first-order chi connectivity index (χ1) is 10.1. The number of aromatic nitrogens is 5. The number of hydrogen-bond donors (Lipinski definition) is 2. The van der Waals surface area contributed by atoms with Crippen molar-refractivity contribution < 1.29 is 4.79 Å². The number of amides is 1. The zero-order valence-corrected chi connectivity index (χ0v) is 12.3. The van der Waals surface area contributed by atoms with Gasteiger partial charge >= 0.3 is 0 Å². The molecule has 1 amide bonds. The third kappa shape index (κ3) is 2.81. The number of rotatable bonds is 4. The predicted octanol–water partition coefficient (Wildman–Crippen LogP) is 1.12. The molecule has 0 bridgehead atoms. The molecule has 0 fully saturated rings. The number of hydrogen-bond acceptors (Lipinski definition) is 4. The van der Waals surface area contributed by atoms with Crippen molar-refractivity contribution >= 4 is 5.91 Å². The lowest BCUT2D eigenvalue weighted by Gasteiger charge is -2.18. The number of carbonyl (C=O) groups excluding carboxylic acids is 1. The van der Waals surface area contributed by atoms with Crippen LogP contribution in [0.2, 0.25) is 0 Å². The standard InChI is InChI=1S/C14H20N6O/c1-9-3-4-12-11(5-9)13(19-18-12)14(21)16-6-10(2)20-8-15-7-17-20/h7-10H,3-6H2,1-2H3,(H,16,21)(H,18,19)/t9-,10-/m1/s1. The molecule has 2 atom stereocenters. The summed E-state index contributed by atoms with van der Waals surface area (Å²) in [4.78, 5) is 16.2. The Bertz CT molecular complexity index is 617. The second-order valence-corrected chi connectivity index (χ2v) is 5.81. The number of aromatic amines is 1. The molecule has 0 radical (unpaired) electrons. The second-order valence-electron chi connectivity index (χ2n) is 5.81. The van der Waals surface area contributed by atoms with Gasteiger partial charge in [-0.25, -0.2) is 9.67 Å². The number of fused-ring (bicyclic) bond motifs is 1. The van der Waals surface area contributed by atoms with Crippen LogP contribution in [0.3, 0.4) is 0 Å². The van der Waals surface area contributed by atoms with Gasteiger partial charge in [-0.15, -0.1) is 0 Å². The molecule has 2 N–H and O–H groups in total. The molecule has 0 aliphatic heterocycles. The molecule has 1 aliphatic carbocycles. The molecule has 0 aromatic carbocycles. The van der Waals surface area contributed by atoms with E-state index in [4.69, 9.17) is 0 Å². The lowest BCUT2D eigenvalue weighted by molar-refractivity contribution is 0.0941. The Hall–Kier alpha value is -2.18. The van der Waals surface area contributed by atoms with Gasteiger partial charge in [0.15, 0.2) is 5.69 Å². The maximum absolute atomic E-state index is 12.3. The fourth-order valence-electron chi connectivity index (χ4n) is 2.72. The normalized spacial score (nSPS) is 19.0. The lowest BCUT2D eigenvalue weighted by Crippen LogP contribution is -2.31. The van der Waals surface area contributed by atoms with E-state index < -0.39 is 0 Å². The molecule has 2 heterocycles. The number of nitrogens with zero attached hydrogens (tertiary/aromatic N) is 4. The second kappa shape index (κ2) is 5.67. The molecule has 2 aromatic heterocycles. The van der Waals surface area contributed by atoms with Gasteiger partial charge in [-0.05, 0) is 32.1 Å². The summed E-state index contributed by atoms with van der Waals surface area (Å²) in [6, 6.07) is 0.0603. The van der Waals surface area contributed by atoms with Gasteiger partial charge in [0.1, 0.15) is 12.7 Å². The SMILES string of the molecule is C[C@@H]1CCc2[nH]nc(C(=O)NC[C@@H](C)n3cncn3)c2C1. The first kappa shape index (κ1) is 13.8. The molecule has 3 rings (SSSR count). The number of H-pyrrole nitrogens is 1. The Morgan fingerprint density at radius 3 is 3.24 bits per heavy atom. The van der Waals surface area contributed by atoms with Crippen molar-refractivity contribution in [1.29, 1.82) is 0 Å². The number of nitrogens with one attached hydrogen (secondary N) is 2. The van der Waals surface area contributed by atoms with Gasteiger partial charge in [0.2, 0.25) is 0 Å². The minimum Gasteiger partial charge on any atom is -0.348 e. The fourth-order valence-corrected chi connectivity index (χ4v) is 2.72. The van der Waals surface area contributed by atoms with Crippen molar-refractivity contribution in [2.24, 2.45) is 5.92 Å². The third-order valence-electron chi connectivity index (χ3n) is 4.05. The average Bonchev–Trinajstić information content (AvgIpc) is 3.13. The first-order valence-corrected chi connectivity index (χ1v) is 7.33. The molecule has 0 saturated heterocycles. The van der Waals surface area contributed by atoms with E-state index in [1.54, 1.807) is 11.0 Å². The summed E-state index contributed by atoms with van der Waals surface area (Å²) >= 11 is 0. The summed E-state index contributed by atoms with van der Waals surface area (Å²) in [6.45, 7) is 4.70. The molecule has 7 heteroatoms. The van der Waals surface area contributed by atoms with Crippen LogP contribution in [0, 0.1) is 5.92 Å². The van der Waals surface area contributed by atoms with Gasteiger partial charge in [0.05, 0.1) is 6.04 Å². The largest absolute Gasteiger partial charge is 0.348 e. The molecular formula is C14H20N6O.